The van der Waals surface area contributed by atoms with Crippen molar-refractivity contribution in [2.45, 2.75) is 37.1 Å². The molecular formula is C25H28Cl2N2O3. The number of ether oxygens (including phenoxy) is 1. The largest absolute Gasteiger partial charge is 0.468 e. The van der Waals surface area contributed by atoms with Gasteiger partial charge < -0.3 is 15.0 Å². The summed E-state index contributed by atoms with van der Waals surface area (Å²) in [5, 5.41) is 4.13. The zero-order valence-corrected chi connectivity index (χ0v) is 19.9. The first kappa shape index (κ1) is 23.1. The van der Waals surface area contributed by atoms with Gasteiger partial charge in [0.1, 0.15) is 0 Å². The Hall–Kier alpha value is -2.08. The summed E-state index contributed by atoms with van der Waals surface area (Å²) in [7, 11) is 1.43. The molecule has 2 aliphatic rings. The number of benzene rings is 2. The summed E-state index contributed by atoms with van der Waals surface area (Å²) in [6, 6.07) is 15.6. The average molecular weight is 475 g/mol. The summed E-state index contributed by atoms with van der Waals surface area (Å²) in [5.74, 6) is -0.0965. The highest BCUT2D eigenvalue weighted by Crippen LogP contribution is 2.56. The Morgan fingerprint density at radius 1 is 1.06 bits per heavy atom. The first-order valence-corrected chi connectivity index (χ1v) is 11.7. The molecule has 2 aromatic rings. The highest BCUT2D eigenvalue weighted by Gasteiger charge is 2.62. The normalized spacial score (nSPS) is 24.6. The molecule has 1 aliphatic carbocycles. The zero-order chi connectivity index (χ0) is 22.9. The first-order valence-electron chi connectivity index (χ1n) is 10.9. The molecule has 1 saturated carbocycles. The number of esters is 1. The molecule has 1 amide bonds. The van der Waals surface area contributed by atoms with E-state index in [0.717, 1.165) is 50.0 Å². The number of likely N-dealkylation sites (tertiary alicyclic amines) is 1. The molecule has 0 unspecified atom stereocenters. The van der Waals surface area contributed by atoms with Crippen molar-refractivity contribution < 1.29 is 14.3 Å². The van der Waals surface area contributed by atoms with Crippen molar-refractivity contribution in [1.29, 1.82) is 0 Å². The second kappa shape index (κ2) is 9.05. The SMILES string of the molecule is COC(=O)[C@@]1(c2ccc(Cl)c(Cl)c2)C[C@H]1CN1CCC(NC(C)=O)(c2ccccc2)CC1. The van der Waals surface area contributed by atoms with Crippen LogP contribution >= 0.6 is 23.2 Å². The van der Waals surface area contributed by atoms with Gasteiger partial charge in [-0.3, -0.25) is 9.59 Å². The molecule has 0 aromatic heterocycles. The lowest BCUT2D eigenvalue weighted by molar-refractivity contribution is -0.144. The zero-order valence-electron chi connectivity index (χ0n) is 18.4. The highest BCUT2D eigenvalue weighted by atomic mass is 35.5. The Bertz CT molecular complexity index is 1010. The maximum atomic E-state index is 12.8. The van der Waals surface area contributed by atoms with Crippen molar-refractivity contribution >= 4 is 35.1 Å². The van der Waals surface area contributed by atoms with Crippen LogP contribution in [0.2, 0.25) is 10.0 Å². The summed E-state index contributed by atoms with van der Waals surface area (Å²) in [6.07, 6.45) is 2.37. The minimum Gasteiger partial charge on any atom is -0.468 e. The second-order valence-corrected chi connectivity index (χ2v) is 9.74. The molecular weight excluding hydrogens is 447 g/mol. The average Bonchev–Trinajstić information content (AvgIpc) is 3.51. The molecule has 0 radical (unpaired) electrons. The van der Waals surface area contributed by atoms with Crippen LogP contribution in [0.5, 0.6) is 0 Å². The number of halogens is 2. The standard InChI is InChI=1S/C25H28Cl2N2O3/c1-17(30)28-24(18-6-4-3-5-7-18)10-12-29(13-11-24)16-20-15-25(20,23(31)32-2)19-8-9-21(26)22(27)14-19/h3-9,14,20H,10-13,15-16H2,1-2H3,(H,28,30)/t20-,25+/m0/s1. The van der Waals surface area contributed by atoms with Crippen LogP contribution in [0.25, 0.3) is 0 Å². The van der Waals surface area contributed by atoms with Gasteiger partial charge in [0.25, 0.3) is 0 Å². The van der Waals surface area contributed by atoms with Crippen LogP contribution in [0.15, 0.2) is 48.5 Å². The minimum atomic E-state index is -0.672. The first-order chi connectivity index (χ1) is 15.3. The fourth-order valence-corrected chi connectivity index (χ4v) is 5.53. The third kappa shape index (κ3) is 4.26. The fourth-order valence-electron chi connectivity index (χ4n) is 5.24. The molecule has 1 heterocycles. The Morgan fingerprint density at radius 3 is 2.34 bits per heavy atom. The van der Waals surface area contributed by atoms with Gasteiger partial charge in [-0.05, 0) is 48.4 Å². The van der Waals surface area contributed by atoms with Crippen molar-refractivity contribution in [2.24, 2.45) is 5.92 Å². The Morgan fingerprint density at radius 2 is 1.75 bits per heavy atom. The summed E-state index contributed by atoms with van der Waals surface area (Å²) in [6.45, 7) is 4.04. The van der Waals surface area contributed by atoms with E-state index in [9.17, 15) is 9.59 Å². The minimum absolute atomic E-state index is 0.0196. The molecule has 5 nitrogen and oxygen atoms in total. The molecule has 170 valence electrons. The number of amides is 1. The second-order valence-electron chi connectivity index (χ2n) is 8.92. The molecule has 2 aromatic carbocycles. The number of nitrogens with zero attached hydrogens (tertiary/aromatic N) is 1. The number of carbonyl (C=O) groups is 2. The Labute approximate surface area is 199 Å². The maximum Gasteiger partial charge on any atom is 0.316 e. The van der Waals surface area contributed by atoms with Crippen LogP contribution in [0.1, 0.15) is 37.3 Å². The van der Waals surface area contributed by atoms with Crippen LogP contribution in [-0.2, 0) is 25.3 Å². The number of carbonyl (C=O) groups excluding carboxylic acids is 2. The number of hydrogen-bond donors (Lipinski definition) is 1. The van der Waals surface area contributed by atoms with Gasteiger partial charge in [0, 0.05) is 26.6 Å². The fraction of sp³-hybridized carbons (Fsp3) is 0.440. The molecule has 4 rings (SSSR count). The van der Waals surface area contributed by atoms with E-state index in [2.05, 4.69) is 22.3 Å². The van der Waals surface area contributed by atoms with Crippen LogP contribution in [0.4, 0.5) is 0 Å². The van der Waals surface area contributed by atoms with Gasteiger partial charge >= 0.3 is 5.97 Å². The topological polar surface area (TPSA) is 58.6 Å². The van der Waals surface area contributed by atoms with Crippen LogP contribution < -0.4 is 5.32 Å². The number of methoxy groups -OCH3 is 1. The molecule has 1 saturated heterocycles. The van der Waals surface area contributed by atoms with Gasteiger partial charge in [0.15, 0.2) is 0 Å². The van der Waals surface area contributed by atoms with E-state index in [1.807, 2.05) is 24.3 Å². The van der Waals surface area contributed by atoms with Crippen molar-refractivity contribution in [3.63, 3.8) is 0 Å². The van der Waals surface area contributed by atoms with Gasteiger partial charge in [0.05, 0.1) is 28.1 Å². The van der Waals surface area contributed by atoms with Crippen molar-refractivity contribution in [1.82, 2.24) is 10.2 Å². The van der Waals surface area contributed by atoms with Gasteiger partial charge in [-0.2, -0.15) is 0 Å². The van der Waals surface area contributed by atoms with Crippen LogP contribution in [0.3, 0.4) is 0 Å². The van der Waals surface area contributed by atoms with E-state index >= 15 is 0 Å². The molecule has 0 spiro atoms. The summed E-state index contributed by atoms with van der Waals surface area (Å²) < 4.78 is 5.18. The van der Waals surface area contributed by atoms with E-state index in [-0.39, 0.29) is 23.3 Å². The molecule has 2 atom stereocenters. The molecule has 1 aliphatic heterocycles. The van der Waals surface area contributed by atoms with E-state index in [1.54, 1.807) is 19.1 Å². The van der Waals surface area contributed by atoms with E-state index < -0.39 is 5.41 Å². The molecule has 1 N–H and O–H groups in total. The number of nitrogens with one attached hydrogen (secondary N) is 1. The quantitative estimate of drug-likeness (QED) is 0.623. The third-order valence-electron chi connectivity index (χ3n) is 7.02. The van der Waals surface area contributed by atoms with Gasteiger partial charge in [-0.15, -0.1) is 0 Å². The predicted molar refractivity (Wildman–Crippen MR) is 126 cm³/mol. The van der Waals surface area contributed by atoms with Crippen molar-refractivity contribution in [3.8, 4) is 0 Å². The molecule has 0 bridgehead atoms. The summed E-state index contributed by atoms with van der Waals surface area (Å²) in [4.78, 5) is 27.1. The van der Waals surface area contributed by atoms with E-state index in [0.29, 0.717) is 10.0 Å². The Balaban J connectivity index is 1.48. The van der Waals surface area contributed by atoms with E-state index in [1.165, 1.54) is 7.11 Å². The van der Waals surface area contributed by atoms with Crippen LogP contribution in [0, 0.1) is 5.92 Å². The van der Waals surface area contributed by atoms with Crippen molar-refractivity contribution in [3.05, 3.63) is 69.7 Å². The highest BCUT2D eigenvalue weighted by molar-refractivity contribution is 6.42. The smallest absolute Gasteiger partial charge is 0.316 e. The number of piperidine rings is 1. The summed E-state index contributed by atoms with van der Waals surface area (Å²) in [5.41, 5.74) is 0.976. The molecule has 7 heteroatoms. The van der Waals surface area contributed by atoms with Crippen LogP contribution in [-0.4, -0.2) is 43.5 Å². The van der Waals surface area contributed by atoms with Gasteiger partial charge in [-0.25, -0.2) is 0 Å². The Kier molecular flexibility index (Phi) is 6.53. The number of rotatable bonds is 6. The van der Waals surface area contributed by atoms with Gasteiger partial charge in [-0.1, -0.05) is 59.6 Å². The van der Waals surface area contributed by atoms with Crippen molar-refractivity contribution in [2.75, 3.05) is 26.7 Å². The van der Waals surface area contributed by atoms with Gasteiger partial charge in [0.2, 0.25) is 5.91 Å². The summed E-state index contributed by atoms with van der Waals surface area (Å²) >= 11 is 12.3. The monoisotopic (exact) mass is 474 g/mol. The molecule has 32 heavy (non-hydrogen) atoms. The lowest BCUT2D eigenvalue weighted by atomic mass is 9.80. The predicted octanol–water partition coefficient (Wildman–Crippen LogP) is 4.55. The third-order valence-corrected chi connectivity index (χ3v) is 7.76. The lowest BCUT2D eigenvalue weighted by Crippen LogP contribution is -2.53. The molecule has 2 fully saturated rings. The maximum absolute atomic E-state index is 12.8. The van der Waals surface area contributed by atoms with E-state index in [4.69, 9.17) is 27.9 Å². The number of hydrogen-bond acceptors (Lipinski definition) is 4. The lowest BCUT2D eigenvalue weighted by Gasteiger charge is -2.43.